The summed E-state index contributed by atoms with van der Waals surface area (Å²) in [5.41, 5.74) is 1.43. The Balaban J connectivity index is 1.86. The fourth-order valence-electron chi connectivity index (χ4n) is 2.02. The van der Waals surface area contributed by atoms with Crippen molar-refractivity contribution in [1.29, 1.82) is 0 Å². The number of hydrogen-bond acceptors (Lipinski definition) is 6. The average Bonchev–Trinajstić information content (AvgIpc) is 3.25. The van der Waals surface area contributed by atoms with Crippen molar-refractivity contribution in [3.63, 3.8) is 0 Å². The van der Waals surface area contributed by atoms with Crippen LogP contribution in [-0.4, -0.2) is 23.3 Å². The Morgan fingerprint density at radius 2 is 2.04 bits per heavy atom. The number of hydrogen-bond donors (Lipinski definition) is 2. The summed E-state index contributed by atoms with van der Waals surface area (Å²) < 4.78 is 9.59. The third-order valence-corrected chi connectivity index (χ3v) is 4.41. The molecule has 24 heavy (non-hydrogen) atoms. The van der Waals surface area contributed by atoms with Crippen molar-refractivity contribution in [2.45, 2.75) is 0 Å². The van der Waals surface area contributed by atoms with Crippen molar-refractivity contribution in [1.82, 2.24) is 5.16 Å². The zero-order chi connectivity index (χ0) is 16.9. The third kappa shape index (κ3) is 3.61. The predicted octanol–water partition coefficient (Wildman–Crippen LogP) is 4.00. The number of carbonyl (C=O) groups excluding carboxylic acids is 1. The van der Waals surface area contributed by atoms with Gasteiger partial charge in [0.1, 0.15) is 11.3 Å². The highest BCUT2D eigenvalue weighted by molar-refractivity contribution is 7.80. The van der Waals surface area contributed by atoms with Gasteiger partial charge in [-0.05, 0) is 23.8 Å². The van der Waals surface area contributed by atoms with Gasteiger partial charge in [-0.25, -0.2) is 4.79 Å². The fourth-order valence-corrected chi connectivity index (χ4v) is 3.35. The number of nitrogens with one attached hydrogen (secondary N) is 2. The standard InChI is InChI=1S/C16H13N3O3S2/c1-21-15(20)11-9-12(10-5-3-2-4-6-10)24-14(11)18-16(23)17-13-7-8-22-19-13/h2-9H,1H3,(H2,17,18,19,23). The summed E-state index contributed by atoms with van der Waals surface area (Å²) in [7, 11) is 1.35. The Kier molecular flexibility index (Phi) is 4.88. The van der Waals surface area contributed by atoms with Crippen LogP contribution in [0, 0.1) is 0 Å². The number of methoxy groups -OCH3 is 1. The van der Waals surface area contributed by atoms with Gasteiger partial charge in [-0.3, -0.25) is 0 Å². The van der Waals surface area contributed by atoms with Crippen LogP contribution in [0.4, 0.5) is 10.8 Å². The molecule has 3 rings (SSSR count). The Labute approximate surface area is 147 Å². The first-order valence-electron chi connectivity index (χ1n) is 6.93. The van der Waals surface area contributed by atoms with E-state index in [-0.39, 0.29) is 0 Å². The van der Waals surface area contributed by atoms with E-state index in [4.69, 9.17) is 21.5 Å². The fraction of sp³-hybridized carbons (Fsp3) is 0.0625. The zero-order valence-electron chi connectivity index (χ0n) is 12.6. The Morgan fingerprint density at radius 1 is 1.25 bits per heavy atom. The summed E-state index contributed by atoms with van der Waals surface area (Å²) in [6, 6.07) is 13.2. The van der Waals surface area contributed by atoms with E-state index in [1.54, 1.807) is 12.1 Å². The molecule has 0 radical (unpaired) electrons. The summed E-state index contributed by atoms with van der Waals surface area (Å²) in [5.74, 6) is 0.0483. The average molecular weight is 359 g/mol. The van der Waals surface area contributed by atoms with Gasteiger partial charge in [0.15, 0.2) is 10.9 Å². The van der Waals surface area contributed by atoms with Crippen LogP contribution < -0.4 is 10.6 Å². The molecule has 0 aliphatic carbocycles. The summed E-state index contributed by atoms with van der Waals surface area (Å²) in [6.07, 6.45) is 1.43. The third-order valence-electron chi connectivity index (χ3n) is 3.10. The molecule has 1 aromatic carbocycles. The smallest absolute Gasteiger partial charge is 0.340 e. The number of ether oxygens (including phenoxy) is 1. The van der Waals surface area contributed by atoms with E-state index in [2.05, 4.69) is 15.8 Å². The number of nitrogens with zero attached hydrogens (tertiary/aromatic N) is 1. The van der Waals surface area contributed by atoms with Crippen molar-refractivity contribution in [2.24, 2.45) is 0 Å². The molecule has 2 N–H and O–H groups in total. The molecule has 0 saturated carbocycles. The van der Waals surface area contributed by atoms with Gasteiger partial charge in [-0.1, -0.05) is 35.5 Å². The predicted molar refractivity (Wildman–Crippen MR) is 97.4 cm³/mol. The van der Waals surface area contributed by atoms with Crippen LogP contribution in [0.5, 0.6) is 0 Å². The van der Waals surface area contributed by atoms with Crippen LogP contribution in [-0.2, 0) is 4.74 Å². The lowest BCUT2D eigenvalue weighted by Gasteiger charge is -2.07. The van der Waals surface area contributed by atoms with Gasteiger partial charge in [0, 0.05) is 10.9 Å². The number of benzene rings is 1. The minimum absolute atomic E-state index is 0.301. The van der Waals surface area contributed by atoms with E-state index in [1.165, 1.54) is 24.7 Å². The normalized spacial score (nSPS) is 10.2. The Bertz CT molecular complexity index is 845. The van der Waals surface area contributed by atoms with E-state index >= 15 is 0 Å². The van der Waals surface area contributed by atoms with Gasteiger partial charge < -0.3 is 19.9 Å². The van der Waals surface area contributed by atoms with E-state index in [1.807, 2.05) is 30.3 Å². The van der Waals surface area contributed by atoms with Crippen molar-refractivity contribution in [2.75, 3.05) is 17.7 Å². The summed E-state index contributed by atoms with van der Waals surface area (Å²) in [4.78, 5) is 13.0. The molecule has 0 spiro atoms. The highest BCUT2D eigenvalue weighted by atomic mass is 32.1. The molecule has 0 aliphatic rings. The first kappa shape index (κ1) is 16.2. The number of thiocarbonyl (C=S) groups is 1. The van der Waals surface area contributed by atoms with Gasteiger partial charge in [-0.15, -0.1) is 11.3 Å². The van der Waals surface area contributed by atoms with Crippen LogP contribution in [0.1, 0.15) is 10.4 Å². The lowest BCUT2D eigenvalue weighted by molar-refractivity contribution is 0.0602. The highest BCUT2D eigenvalue weighted by Gasteiger charge is 2.18. The molecule has 0 saturated heterocycles. The van der Waals surface area contributed by atoms with Crippen molar-refractivity contribution in [3.8, 4) is 10.4 Å². The molecular formula is C16H13N3O3S2. The molecule has 2 heterocycles. The molecule has 3 aromatic rings. The highest BCUT2D eigenvalue weighted by Crippen LogP contribution is 2.35. The molecule has 0 amide bonds. The number of carbonyl (C=O) groups is 1. The summed E-state index contributed by atoms with van der Waals surface area (Å²) >= 11 is 6.66. The van der Waals surface area contributed by atoms with Gasteiger partial charge in [0.05, 0.1) is 12.7 Å². The van der Waals surface area contributed by atoms with E-state index in [0.29, 0.717) is 21.5 Å². The second-order valence-corrected chi connectivity index (χ2v) is 6.14. The number of anilines is 2. The zero-order valence-corrected chi connectivity index (χ0v) is 14.2. The monoisotopic (exact) mass is 359 g/mol. The molecule has 2 aromatic heterocycles. The summed E-state index contributed by atoms with van der Waals surface area (Å²) in [5, 5.41) is 10.5. The van der Waals surface area contributed by atoms with Crippen LogP contribution >= 0.6 is 23.6 Å². The van der Waals surface area contributed by atoms with Gasteiger partial charge in [-0.2, -0.15) is 0 Å². The quantitative estimate of drug-likeness (QED) is 0.538. The van der Waals surface area contributed by atoms with E-state index in [0.717, 1.165) is 10.4 Å². The minimum atomic E-state index is -0.430. The topological polar surface area (TPSA) is 76.4 Å². The van der Waals surface area contributed by atoms with E-state index < -0.39 is 5.97 Å². The molecule has 6 nitrogen and oxygen atoms in total. The molecule has 0 fully saturated rings. The molecule has 0 aliphatic heterocycles. The van der Waals surface area contributed by atoms with Crippen LogP contribution in [0.3, 0.4) is 0 Å². The second-order valence-electron chi connectivity index (χ2n) is 4.67. The SMILES string of the molecule is COC(=O)c1cc(-c2ccccc2)sc1NC(=S)Nc1ccon1. The van der Waals surface area contributed by atoms with Gasteiger partial charge in [0.2, 0.25) is 0 Å². The number of rotatable bonds is 4. The lowest BCUT2D eigenvalue weighted by atomic mass is 10.1. The van der Waals surface area contributed by atoms with Crippen molar-refractivity contribution < 1.29 is 14.1 Å². The van der Waals surface area contributed by atoms with Crippen LogP contribution in [0.25, 0.3) is 10.4 Å². The largest absolute Gasteiger partial charge is 0.465 e. The van der Waals surface area contributed by atoms with Crippen molar-refractivity contribution in [3.05, 3.63) is 54.3 Å². The molecule has 0 unspecified atom stereocenters. The summed E-state index contributed by atoms with van der Waals surface area (Å²) in [6.45, 7) is 0. The van der Waals surface area contributed by atoms with Crippen LogP contribution in [0.2, 0.25) is 0 Å². The molecular weight excluding hydrogens is 346 g/mol. The number of thiophene rings is 1. The maximum absolute atomic E-state index is 12.0. The Hall–Kier alpha value is -2.71. The molecule has 8 heteroatoms. The first-order valence-corrected chi connectivity index (χ1v) is 8.16. The molecule has 122 valence electrons. The maximum atomic E-state index is 12.0. The molecule has 0 bridgehead atoms. The first-order chi connectivity index (χ1) is 11.7. The number of esters is 1. The number of aromatic nitrogens is 1. The van der Waals surface area contributed by atoms with Gasteiger partial charge in [0.25, 0.3) is 0 Å². The molecule has 0 atom stereocenters. The van der Waals surface area contributed by atoms with Gasteiger partial charge >= 0.3 is 5.97 Å². The lowest BCUT2D eigenvalue weighted by Crippen LogP contribution is -2.20. The second kappa shape index (κ2) is 7.24. The van der Waals surface area contributed by atoms with E-state index in [9.17, 15) is 4.79 Å². The van der Waals surface area contributed by atoms with Crippen molar-refractivity contribution >= 4 is 45.5 Å². The van der Waals surface area contributed by atoms with Crippen LogP contribution in [0.15, 0.2) is 53.3 Å². The minimum Gasteiger partial charge on any atom is -0.465 e. The Morgan fingerprint density at radius 3 is 2.71 bits per heavy atom. The maximum Gasteiger partial charge on any atom is 0.340 e.